The topological polar surface area (TPSA) is 68.2 Å². The van der Waals surface area contributed by atoms with Crippen molar-refractivity contribution in [2.45, 2.75) is 13.0 Å². The number of aryl methyl sites for hydroxylation is 1. The number of hydrogen-bond donors (Lipinski definition) is 1. The van der Waals surface area contributed by atoms with Crippen molar-refractivity contribution in [1.82, 2.24) is 15.0 Å². The van der Waals surface area contributed by atoms with Gasteiger partial charge in [-0.1, -0.05) is 11.2 Å². The Morgan fingerprint density at radius 3 is 2.84 bits per heavy atom. The van der Waals surface area contributed by atoms with Gasteiger partial charge >= 0.3 is 0 Å². The smallest absolute Gasteiger partial charge is 0.258 e. The van der Waals surface area contributed by atoms with Gasteiger partial charge in [-0.25, -0.2) is 4.39 Å². The fraction of sp³-hybridized carbons (Fsp3) is 0.385. The summed E-state index contributed by atoms with van der Waals surface area (Å²) in [6, 6.07) is 4.12. The van der Waals surface area contributed by atoms with E-state index in [1.807, 2.05) is 25.9 Å². The Balaban J connectivity index is 2.28. The molecule has 0 bridgehead atoms. The van der Waals surface area contributed by atoms with Gasteiger partial charge in [0.05, 0.1) is 6.04 Å². The lowest BCUT2D eigenvalue weighted by molar-refractivity contribution is 0.357. The van der Waals surface area contributed by atoms with Crippen molar-refractivity contribution in [3.63, 3.8) is 0 Å². The average molecular weight is 264 g/mol. The van der Waals surface area contributed by atoms with Crippen LogP contribution in [-0.2, 0) is 0 Å². The molecule has 0 spiro atoms. The maximum absolute atomic E-state index is 13.2. The fourth-order valence-electron chi connectivity index (χ4n) is 1.79. The van der Waals surface area contributed by atoms with Gasteiger partial charge in [0, 0.05) is 12.1 Å². The Morgan fingerprint density at radius 1 is 1.42 bits per heavy atom. The van der Waals surface area contributed by atoms with E-state index < -0.39 is 0 Å². The molecule has 1 heterocycles. The van der Waals surface area contributed by atoms with Gasteiger partial charge < -0.3 is 15.2 Å². The highest BCUT2D eigenvalue weighted by molar-refractivity contribution is 5.58. The average Bonchev–Trinajstić information content (AvgIpc) is 2.80. The van der Waals surface area contributed by atoms with Gasteiger partial charge in [0.2, 0.25) is 0 Å². The summed E-state index contributed by atoms with van der Waals surface area (Å²) >= 11 is 0. The molecule has 0 amide bonds. The van der Waals surface area contributed by atoms with Crippen LogP contribution in [0.5, 0.6) is 0 Å². The monoisotopic (exact) mass is 264 g/mol. The van der Waals surface area contributed by atoms with Gasteiger partial charge in [-0.2, -0.15) is 4.98 Å². The molecular weight excluding hydrogens is 247 g/mol. The second-order valence-electron chi connectivity index (χ2n) is 4.79. The summed E-state index contributed by atoms with van der Waals surface area (Å²) in [6.07, 6.45) is 0. The highest BCUT2D eigenvalue weighted by Gasteiger charge is 2.17. The molecule has 2 N–H and O–H groups in total. The van der Waals surface area contributed by atoms with Gasteiger partial charge in [-0.15, -0.1) is 0 Å². The molecule has 0 aliphatic carbocycles. The predicted octanol–water partition coefficient (Wildman–Crippen LogP) is 1.75. The summed E-state index contributed by atoms with van der Waals surface area (Å²) in [7, 11) is 3.83. The van der Waals surface area contributed by atoms with Crippen molar-refractivity contribution in [3.05, 3.63) is 35.4 Å². The molecule has 0 radical (unpaired) electrons. The lowest BCUT2D eigenvalue weighted by atomic mass is 10.1. The number of nitrogens with zero attached hydrogens (tertiary/aromatic N) is 3. The van der Waals surface area contributed by atoms with Crippen LogP contribution in [-0.4, -0.2) is 35.7 Å². The van der Waals surface area contributed by atoms with E-state index >= 15 is 0 Å². The summed E-state index contributed by atoms with van der Waals surface area (Å²) in [4.78, 5) is 6.18. The largest absolute Gasteiger partial charge is 0.334 e. The van der Waals surface area contributed by atoms with E-state index in [0.29, 0.717) is 23.8 Å². The molecular formula is C13H17FN4O. The lowest BCUT2D eigenvalue weighted by Gasteiger charge is -2.12. The molecule has 0 saturated carbocycles. The summed E-state index contributed by atoms with van der Waals surface area (Å²) in [5, 5.41) is 3.86. The second-order valence-corrected chi connectivity index (χ2v) is 4.79. The van der Waals surface area contributed by atoms with Gasteiger partial charge in [0.25, 0.3) is 5.89 Å². The van der Waals surface area contributed by atoms with Crippen LogP contribution in [0.25, 0.3) is 11.5 Å². The van der Waals surface area contributed by atoms with Crippen LogP contribution in [0.1, 0.15) is 17.4 Å². The minimum atomic E-state index is -0.335. The first-order valence-electron chi connectivity index (χ1n) is 5.98. The Bertz CT molecular complexity index is 568. The molecule has 1 aromatic heterocycles. The molecule has 0 aliphatic heterocycles. The predicted molar refractivity (Wildman–Crippen MR) is 69.9 cm³/mol. The molecule has 0 saturated heterocycles. The molecule has 1 unspecified atom stereocenters. The SMILES string of the molecule is Cc1ccc(F)cc1-c1nc(C(N)CN(C)C)no1. The summed E-state index contributed by atoms with van der Waals surface area (Å²) in [6.45, 7) is 2.47. The molecule has 6 heteroatoms. The first-order chi connectivity index (χ1) is 8.97. The van der Waals surface area contributed by atoms with Crippen molar-refractivity contribution < 1.29 is 8.91 Å². The Hall–Kier alpha value is -1.79. The van der Waals surface area contributed by atoms with E-state index in [0.717, 1.165) is 5.56 Å². The van der Waals surface area contributed by atoms with Crippen LogP contribution in [0, 0.1) is 12.7 Å². The van der Waals surface area contributed by atoms with E-state index in [-0.39, 0.29) is 11.9 Å². The van der Waals surface area contributed by atoms with E-state index in [2.05, 4.69) is 10.1 Å². The lowest BCUT2D eigenvalue weighted by Crippen LogP contribution is -2.26. The normalized spacial score (nSPS) is 12.9. The zero-order valence-corrected chi connectivity index (χ0v) is 11.2. The minimum Gasteiger partial charge on any atom is -0.334 e. The van der Waals surface area contributed by atoms with E-state index in [1.165, 1.54) is 12.1 Å². The Kier molecular flexibility index (Phi) is 3.92. The first kappa shape index (κ1) is 13.6. The minimum absolute atomic E-state index is 0.293. The first-order valence-corrected chi connectivity index (χ1v) is 5.98. The van der Waals surface area contributed by atoms with Crippen LogP contribution in [0.15, 0.2) is 22.7 Å². The molecule has 1 atom stereocenters. The van der Waals surface area contributed by atoms with Crippen LogP contribution in [0.2, 0.25) is 0 Å². The second kappa shape index (κ2) is 5.46. The quantitative estimate of drug-likeness (QED) is 0.911. The number of benzene rings is 1. The van der Waals surface area contributed by atoms with Crippen LogP contribution >= 0.6 is 0 Å². The number of halogens is 1. The summed E-state index contributed by atoms with van der Waals surface area (Å²) in [5.74, 6) is 0.381. The zero-order chi connectivity index (χ0) is 14.0. The highest BCUT2D eigenvalue weighted by atomic mass is 19.1. The summed E-state index contributed by atoms with van der Waals surface area (Å²) < 4.78 is 18.4. The molecule has 19 heavy (non-hydrogen) atoms. The third-order valence-corrected chi connectivity index (χ3v) is 2.77. The van der Waals surface area contributed by atoms with E-state index in [9.17, 15) is 4.39 Å². The van der Waals surface area contributed by atoms with Gasteiger partial charge in [0.1, 0.15) is 5.82 Å². The zero-order valence-electron chi connectivity index (χ0n) is 11.2. The molecule has 0 fully saturated rings. The van der Waals surface area contributed by atoms with Crippen LogP contribution < -0.4 is 5.73 Å². The Labute approximate surface area is 111 Å². The van der Waals surface area contributed by atoms with Crippen molar-refractivity contribution in [2.75, 3.05) is 20.6 Å². The van der Waals surface area contributed by atoms with E-state index in [1.54, 1.807) is 6.07 Å². The number of likely N-dealkylation sites (N-methyl/N-ethyl adjacent to an activating group) is 1. The van der Waals surface area contributed by atoms with E-state index in [4.69, 9.17) is 10.3 Å². The molecule has 102 valence electrons. The number of rotatable bonds is 4. The van der Waals surface area contributed by atoms with Crippen molar-refractivity contribution >= 4 is 0 Å². The van der Waals surface area contributed by atoms with Crippen molar-refractivity contribution in [2.24, 2.45) is 5.73 Å². The maximum Gasteiger partial charge on any atom is 0.258 e. The standard InChI is InChI=1S/C13H17FN4O/c1-8-4-5-9(14)6-10(8)13-16-12(17-19-13)11(15)7-18(2)3/h4-6,11H,7,15H2,1-3H3. The Morgan fingerprint density at radius 2 is 2.16 bits per heavy atom. The number of aromatic nitrogens is 2. The number of hydrogen-bond acceptors (Lipinski definition) is 5. The van der Waals surface area contributed by atoms with Crippen LogP contribution in [0.4, 0.5) is 4.39 Å². The van der Waals surface area contributed by atoms with Gasteiger partial charge in [-0.05, 0) is 38.7 Å². The maximum atomic E-state index is 13.2. The van der Waals surface area contributed by atoms with Gasteiger partial charge in [-0.3, -0.25) is 0 Å². The summed E-state index contributed by atoms with van der Waals surface area (Å²) in [5.41, 5.74) is 7.42. The van der Waals surface area contributed by atoms with Gasteiger partial charge in [0.15, 0.2) is 5.82 Å². The molecule has 5 nitrogen and oxygen atoms in total. The molecule has 0 aliphatic rings. The third kappa shape index (κ3) is 3.15. The highest BCUT2D eigenvalue weighted by Crippen LogP contribution is 2.23. The molecule has 2 rings (SSSR count). The fourth-order valence-corrected chi connectivity index (χ4v) is 1.79. The molecule has 1 aromatic carbocycles. The number of nitrogens with two attached hydrogens (primary N) is 1. The third-order valence-electron chi connectivity index (χ3n) is 2.77. The van der Waals surface area contributed by atoms with Crippen LogP contribution in [0.3, 0.4) is 0 Å². The van der Waals surface area contributed by atoms with Crippen molar-refractivity contribution in [1.29, 1.82) is 0 Å². The molecule has 2 aromatic rings. The van der Waals surface area contributed by atoms with Crippen molar-refractivity contribution in [3.8, 4) is 11.5 Å².